The maximum Gasteiger partial charge on any atom is 0.313 e. The fourth-order valence-corrected chi connectivity index (χ4v) is 4.04. The Morgan fingerprint density at radius 2 is 1.90 bits per heavy atom. The molecule has 0 aliphatic carbocycles. The molecule has 30 heavy (non-hydrogen) atoms. The molecule has 8 heteroatoms. The largest absolute Gasteiger partial charge is 0.493 e. The lowest BCUT2D eigenvalue weighted by Crippen LogP contribution is -2.45. The van der Waals surface area contributed by atoms with Crippen LogP contribution >= 0.6 is 0 Å². The Bertz CT molecular complexity index is 1030. The van der Waals surface area contributed by atoms with Crippen LogP contribution in [0.5, 0.6) is 23.0 Å². The molecule has 8 nitrogen and oxygen atoms in total. The van der Waals surface area contributed by atoms with E-state index in [1.54, 1.807) is 30.3 Å². The summed E-state index contributed by atoms with van der Waals surface area (Å²) < 4.78 is 21.5. The van der Waals surface area contributed by atoms with Gasteiger partial charge in [0.1, 0.15) is 5.92 Å². The van der Waals surface area contributed by atoms with Gasteiger partial charge in [0, 0.05) is 12.1 Å². The molecule has 0 saturated heterocycles. The summed E-state index contributed by atoms with van der Waals surface area (Å²) in [5.74, 6) is -0.599. The summed E-state index contributed by atoms with van der Waals surface area (Å²) in [5.41, 5.74) is 1.26. The van der Waals surface area contributed by atoms with Crippen molar-refractivity contribution in [1.82, 2.24) is 4.90 Å². The number of carboxylic acids is 1. The van der Waals surface area contributed by atoms with Crippen molar-refractivity contribution in [2.45, 2.75) is 12.0 Å². The number of fused-ring (bicyclic) bond motifs is 2. The molecule has 0 radical (unpaired) electrons. The Morgan fingerprint density at radius 3 is 2.57 bits per heavy atom. The molecule has 0 spiro atoms. The Kier molecular flexibility index (Phi) is 4.99. The van der Waals surface area contributed by atoms with Crippen LogP contribution in [0.1, 0.15) is 33.4 Å². The second-order valence-corrected chi connectivity index (χ2v) is 6.91. The lowest BCUT2D eigenvalue weighted by molar-refractivity contribution is -0.140. The molecule has 2 aromatic carbocycles. The Labute approximate surface area is 173 Å². The van der Waals surface area contributed by atoms with Crippen LogP contribution in [0.4, 0.5) is 0 Å². The van der Waals surface area contributed by atoms with E-state index in [1.807, 2.05) is 0 Å². The third-order valence-corrected chi connectivity index (χ3v) is 5.36. The van der Waals surface area contributed by atoms with Gasteiger partial charge in [0.25, 0.3) is 5.91 Å². The van der Waals surface area contributed by atoms with Crippen LogP contribution < -0.4 is 18.9 Å². The molecule has 156 valence electrons. The van der Waals surface area contributed by atoms with Crippen LogP contribution in [0.15, 0.2) is 43.0 Å². The number of carboxylic acid groups (broad SMARTS) is 1. The van der Waals surface area contributed by atoms with E-state index in [1.165, 1.54) is 25.2 Å². The number of hydrogen-bond acceptors (Lipinski definition) is 6. The van der Waals surface area contributed by atoms with Gasteiger partial charge in [-0.1, -0.05) is 12.1 Å². The van der Waals surface area contributed by atoms with Crippen molar-refractivity contribution in [3.63, 3.8) is 0 Å². The fraction of sp³-hybridized carbons (Fsp3) is 0.273. The molecular weight excluding hydrogens is 390 g/mol. The van der Waals surface area contributed by atoms with Gasteiger partial charge in [0.15, 0.2) is 23.0 Å². The molecule has 2 aliphatic heterocycles. The van der Waals surface area contributed by atoms with E-state index in [-0.39, 0.29) is 24.8 Å². The van der Waals surface area contributed by atoms with Crippen molar-refractivity contribution in [2.75, 3.05) is 27.6 Å². The third kappa shape index (κ3) is 3.01. The van der Waals surface area contributed by atoms with E-state index in [0.717, 1.165) is 0 Å². The first-order valence-electron chi connectivity index (χ1n) is 9.30. The summed E-state index contributed by atoms with van der Waals surface area (Å²) in [6, 6.07) is 7.51. The van der Waals surface area contributed by atoms with E-state index in [0.29, 0.717) is 34.1 Å². The smallest absolute Gasteiger partial charge is 0.313 e. The minimum atomic E-state index is -1.06. The summed E-state index contributed by atoms with van der Waals surface area (Å²) >= 11 is 0. The SMILES string of the molecule is C=CCN1C(=O)c2cc(OC)c(OC)cc2[C@@H](C(=O)O)[C@H]1c1ccc2c(c1)OCO2. The molecule has 1 amide bonds. The number of ether oxygens (including phenoxy) is 4. The first-order chi connectivity index (χ1) is 14.5. The molecule has 2 atom stereocenters. The number of rotatable bonds is 6. The summed E-state index contributed by atoms with van der Waals surface area (Å²) in [6.45, 7) is 4.01. The molecule has 1 N–H and O–H groups in total. The lowest BCUT2D eigenvalue weighted by atomic mass is 9.79. The zero-order valence-electron chi connectivity index (χ0n) is 16.6. The minimum Gasteiger partial charge on any atom is -0.493 e. The van der Waals surface area contributed by atoms with Crippen LogP contribution in [0.2, 0.25) is 0 Å². The number of hydrogen-bond donors (Lipinski definition) is 1. The normalized spacial score (nSPS) is 19.3. The maximum absolute atomic E-state index is 13.4. The topological polar surface area (TPSA) is 94.5 Å². The summed E-state index contributed by atoms with van der Waals surface area (Å²) in [6.07, 6.45) is 1.57. The highest BCUT2D eigenvalue weighted by atomic mass is 16.7. The summed E-state index contributed by atoms with van der Waals surface area (Å²) in [5, 5.41) is 10.2. The van der Waals surface area contributed by atoms with Crippen molar-refractivity contribution in [1.29, 1.82) is 0 Å². The van der Waals surface area contributed by atoms with Gasteiger partial charge >= 0.3 is 5.97 Å². The van der Waals surface area contributed by atoms with Crippen molar-refractivity contribution >= 4 is 11.9 Å². The van der Waals surface area contributed by atoms with Crippen molar-refractivity contribution in [2.24, 2.45) is 0 Å². The number of aliphatic carboxylic acids is 1. The van der Waals surface area contributed by atoms with Gasteiger partial charge < -0.3 is 29.0 Å². The van der Waals surface area contributed by atoms with Gasteiger partial charge in [0.2, 0.25) is 6.79 Å². The molecule has 2 aliphatic rings. The first kappa shape index (κ1) is 19.6. The average molecular weight is 411 g/mol. The zero-order valence-corrected chi connectivity index (χ0v) is 16.6. The highest BCUT2D eigenvalue weighted by molar-refractivity contribution is 6.01. The minimum absolute atomic E-state index is 0.0982. The Morgan fingerprint density at radius 1 is 1.20 bits per heavy atom. The molecule has 4 rings (SSSR count). The van der Waals surface area contributed by atoms with Gasteiger partial charge in [-0.05, 0) is 35.4 Å². The predicted octanol–water partition coefficient (Wildman–Crippen LogP) is 2.98. The van der Waals surface area contributed by atoms with Crippen LogP contribution in [-0.2, 0) is 4.79 Å². The number of carbonyl (C=O) groups is 2. The van der Waals surface area contributed by atoms with Crippen molar-refractivity contribution < 1.29 is 33.6 Å². The van der Waals surface area contributed by atoms with Crippen LogP contribution in [-0.4, -0.2) is 49.4 Å². The molecule has 0 bridgehead atoms. The highest BCUT2D eigenvalue weighted by Gasteiger charge is 2.45. The van der Waals surface area contributed by atoms with Crippen molar-refractivity contribution in [3.8, 4) is 23.0 Å². The summed E-state index contributed by atoms with van der Waals surface area (Å²) in [4.78, 5) is 27.3. The van der Waals surface area contributed by atoms with E-state index in [4.69, 9.17) is 18.9 Å². The molecule has 0 saturated carbocycles. The van der Waals surface area contributed by atoms with Gasteiger partial charge in [-0.25, -0.2) is 0 Å². The second-order valence-electron chi connectivity index (χ2n) is 6.91. The van der Waals surface area contributed by atoms with Crippen LogP contribution in [0, 0.1) is 0 Å². The van der Waals surface area contributed by atoms with Crippen LogP contribution in [0.25, 0.3) is 0 Å². The van der Waals surface area contributed by atoms with Gasteiger partial charge in [-0.15, -0.1) is 6.58 Å². The zero-order chi connectivity index (χ0) is 21.4. The Hall–Kier alpha value is -3.68. The fourth-order valence-electron chi connectivity index (χ4n) is 4.04. The molecular formula is C22H21NO7. The van der Waals surface area contributed by atoms with Gasteiger partial charge in [-0.2, -0.15) is 0 Å². The molecule has 0 aromatic heterocycles. The highest BCUT2D eigenvalue weighted by Crippen LogP contribution is 2.47. The second kappa shape index (κ2) is 7.62. The van der Waals surface area contributed by atoms with Crippen molar-refractivity contribution in [3.05, 3.63) is 59.7 Å². The Balaban J connectivity index is 1.93. The molecule has 2 aromatic rings. The monoisotopic (exact) mass is 411 g/mol. The number of benzene rings is 2. The van der Waals surface area contributed by atoms with E-state index in [2.05, 4.69) is 6.58 Å². The first-order valence-corrected chi connectivity index (χ1v) is 9.30. The van der Waals surface area contributed by atoms with Crippen LogP contribution in [0.3, 0.4) is 0 Å². The van der Waals surface area contributed by atoms with Gasteiger partial charge in [-0.3, -0.25) is 9.59 Å². The van der Waals surface area contributed by atoms with Gasteiger partial charge in [0.05, 0.1) is 20.3 Å². The number of methoxy groups -OCH3 is 2. The standard InChI is InChI=1S/C22H21NO7/c1-4-7-23-20(12-5-6-15-18(8-12)30-11-29-15)19(22(25)26)13-9-16(27-2)17(28-3)10-14(13)21(23)24/h4-6,8-10,19-20H,1,7,11H2,2-3H3,(H,25,26)/t19-,20-/m1/s1. The number of carbonyl (C=O) groups excluding carboxylic acids is 1. The van der Waals surface area contributed by atoms with E-state index in [9.17, 15) is 14.7 Å². The molecule has 0 fully saturated rings. The number of nitrogens with zero attached hydrogens (tertiary/aromatic N) is 1. The lowest BCUT2D eigenvalue weighted by Gasteiger charge is -2.40. The predicted molar refractivity (Wildman–Crippen MR) is 106 cm³/mol. The third-order valence-electron chi connectivity index (χ3n) is 5.36. The number of amides is 1. The summed E-state index contributed by atoms with van der Waals surface area (Å²) in [7, 11) is 2.92. The average Bonchev–Trinajstić information content (AvgIpc) is 3.22. The maximum atomic E-state index is 13.4. The molecule has 0 unspecified atom stereocenters. The molecule has 2 heterocycles. The van der Waals surface area contributed by atoms with E-state index >= 15 is 0 Å². The quantitative estimate of drug-likeness (QED) is 0.730. The van der Waals surface area contributed by atoms with E-state index < -0.39 is 17.9 Å².